The van der Waals surface area contributed by atoms with Crippen molar-refractivity contribution in [1.82, 2.24) is 0 Å². The largest absolute Gasteiger partial charge is 0.357 e. The molecule has 1 spiro atoms. The molecule has 82 valence electrons. The van der Waals surface area contributed by atoms with Crippen LogP contribution < -0.4 is 5.73 Å². The van der Waals surface area contributed by atoms with E-state index in [1.54, 1.807) is 0 Å². The number of nitrogens with two attached hydrogens (primary N) is 1. The van der Waals surface area contributed by atoms with Crippen LogP contribution in [0.4, 0.5) is 0 Å². The molecule has 2 rings (SSSR count). The van der Waals surface area contributed by atoms with Crippen LogP contribution in [-0.2, 0) is 13.6 Å². The minimum atomic E-state index is -1.63. The lowest BCUT2D eigenvalue weighted by molar-refractivity contribution is -0.0208. The molecule has 0 saturated carbocycles. The predicted octanol–water partition coefficient (Wildman–Crippen LogP) is 0.972. The SMILES string of the molecule is NCP1CCC2(CO1)COP(O)OC2. The van der Waals surface area contributed by atoms with E-state index in [1.807, 2.05) is 0 Å². The van der Waals surface area contributed by atoms with Crippen molar-refractivity contribution >= 4 is 16.8 Å². The van der Waals surface area contributed by atoms with Crippen molar-refractivity contribution in [3.05, 3.63) is 0 Å². The zero-order valence-electron chi connectivity index (χ0n) is 7.89. The van der Waals surface area contributed by atoms with Crippen LogP contribution in [0.5, 0.6) is 0 Å². The van der Waals surface area contributed by atoms with Crippen LogP contribution >= 0.6 is 16.8 Å². The van der Waals surface area contributed by atoms with E-state index in [2.05, 4.69) is 0 Å². The Kier molecular flexibility index (Phi) is 3.72. The lowest BCUT2D eigenvalue weighted by atomic mass is 9.88. The molecule has 2 saturated heterocycles. The first-order chi connectivity index (χ1) is 6.74. The third kappa shape index (κ3) is 2.42. The van der Waals surface area contributed by atoms with Gasteiger partial charge in [-0.05, 0) is 12.6 Å². The fraction of sp³-hybridized carbons (Fsp3) is 1.00. The maximum absolute atomic E-state index is 9.08. The third-order valence-electron chi connectivity index (χ3n) is 2.61. The second-order valence-electron chi connectivity index (χ2n) is 3.70. The van der Waals surface area contributed by atoms with Gasteiger partial charge in [0.2, 0.25) is 0 Å². The topological polar surface area (TPSA) is 73.9 Å². The van der Waals surface area contributed by atoms with E-state index in [-0.39, 0.29) is 5.41 Å². The Balaban J connectivity index is 1.86. The molecule has 0 amide bonds. The highest BCUT2D eigenvalue weighted by molar-refractivity contribution is 7.52. The van der Waals surface area contributed by atoms with Gasteiger partial charge in [-0.3, -0.25) is 0 Å². The molecule has 2 fully saturated rings. The molecule has 0 aromatic rings. The summed E-state index contributed by atoms with van der Waals surface area (Å²) in [6.45, 7) is 1.74. The summed E-state index contributed by atoms with van der Waals surface area (Å²) in [6.07, 6.45) is 2.68. The van der Waals surface area contributed by atoms with E-state index in [0.29, 0.717) is 26.1 Å². The Hall–Kier alpha value is 0.660. The van der Waals surface area contributed by atoms with Gasteiger partial charge < -0.3 is 24.2 Å². The monoisotopic (exact) mass is 239 g/mol. The highest BCUT2D eigenvalue weighted by Crippen LogP contribution is 2.51. The molecule has 0 aromatic heterocycles. The van der Waals surface area contributed by atoms with Crippen LogP contribution in [-0.4, -0.2) is 37.2 Å². The van der Waals surface area contributed by atoms with Crippen molar-refractivity contribution in [2.24, 2.45) is 11.1 Å². The van der Waals surface area contributed by atoms with Gasteiger partial charge in [0.1, 0.15) is 0 Å². The fourth-order valence-electron chi connectivity index (χ4n) is 1.56. The summed E-state index contributed by atoms with van der Waals surface area (Å²) < 4.78 is 15.9. The van der Waals surface area contributed by atoms with Crippen LogP contribution in [0.3, 0.4) is 0 Å². The molecule has 0 aliphatic carbocycles. The molecule has 2 aliphatic rings. The van der Waals surface area contributed by atoms with Gasteiger partial charge in [0.25, 0.3) is 0 Å². The Bertz CT molecular complexity index is 188. The summed E-state index contributed by atoms with van der Waals surface area (Å²) in [6, 6.07) is 0. The highest BCUT2D eigenvalue weighted by atomic mass is 31.2. The first kappa shape index (κ1) is 11.2. The van der Waals surface area contributed by atoms with Crippen LogP contribution in [0.1, 0.15) is 6.42 Å². The van der Waals surface area contributed by atoms with Crippen molar-refractivity contribution in [3.63, 3.8) is 0 Å². The second kappa shape index (κ2) is 4.67. The van der Waals surface area contributed by atoms with Gasteiger partial charge in [-0.15, -0.1) is 0 Å². The summed E-state index contributed by atoms with van der Waals surface area (Å²) >= 11 is 0. The molecule has 14 heavy (non-hydrogen) atoms. The highest BCUT2D eigenvalue weighted by Gasteiger charge is 2.41. The van der Waals surface area contributed by atoms with Crippen LogP contribution in [0.15, 0.2) is 0 Å². The van der Waals surface area contributed by atoms with Gasteiger partial charge in [-0.2, -0.15) is 0 Å². The molecule has 0 aromatic carbocycles. The average Bonchev–Trinajstić information content (AvgIpc) is 2.24. The second-order valence-corrected chi connectivity index (χ2v) is 6.72. The molecule has 5 nitrogen and oxygen atoms in total. The van der Waals surface area contributed by atoms with E-state index in [9.17, 15) is 0 Å². The zero-order chi connectivity index (χ0) is 10.0. The lowest BCUT2D eigenvalue weighted by Gasteiger charge is -2.41. The molecule has 0 radical (unpaired) electrons. The molecule has 7 heteroatoms. The normalized spacial score (nSPS) is 44.1. The summed E-state index contributed by atoms with van der Waals surface area (Å²) in [5, 5.41) is 0. The smallest absolute Gasteiger partial charge is 0.329 e. The number of hydrogen-bond acceptors (Lipinski definition) is 5. The van der Waals surface area contributed by atoms with Gasteiger partial charge in [-0.25, -0.2) is 0 Å². The Labute approximate surface area is 85.7 Å². The standard InChI is InChI=1S/C7H15NO4P2/c8-6-13-2-1-7(3-10-13)4-11-14(9)12-5-7/h9H,1-6,8H2. The maximum atomic E-state index is 9.08. The van der Waals surface area contributed by atoms with Gasteiger partial charge in [-0.1, -0.05) is 0 Å². The van der Waals surface area contributed by atoms with E-state index in [4.69, 9.17) is 24.2 Å². The third-order valence-corrected chi connectivity index (χ3v) is 4.93. The van der Waals surface area contributed by atoms with Crippen molar-refractivity contribution < 1.29 is 18.5 Å². The van der Waals surface area contributed by atoms with Gasteiger partial charge in [0.15, 0.2) is 0 Å². The first-order valence-electron chi connectivity index (χ1n) is 4.57. The Morgan fingerprint density at radius 1 is 1.21 bits per heavy atom. The first-order valence-corrected chi connectivity index (χ1v) is 7.33. The van der Waals surface area contributed by atoms with Crippen LogP contribution in [0.25, 0.3) is 0 Å². The predicted molar refractivity (Wildman–Crippen MR) is 54.9 cm³/mol. The number of hydrogen-bond donors (Lipinski definition) is 2. The van der Waals surface area contributed by atoms with E-state index in [0.717, 1.165) is 12.6 Å². The zero-order valence-corrected chi connectivity index (χ0v) is 9.68. The van der Waals surface area contributed by atoms with Crippen molar-refractivity contribution in [2.75, 3.05) is 32.3 Å². The molecule has 2 aliphatic heterocycles. The molecule has 0 bridgehead atoms. The summed E-state index contributed by atoms with van der Waals surface area (Å²) in [5.74, 6) is 0. The average molecular weight is 239 g/mol. The minimum absolute atomic E-state index is 0.0322. The van der Waals surface area contributed by atoms with E-state index in [1.165, 1.54) is 0 Å². The van der Waals surface area contributed by atoms with E-state index < -0.39 is 16.8 Å². The lowest BCUT2D eigenvalue weighted by Crippen LogP contribution is -2.41. The molecule has 1 atom stereocenters. The Morgan fingerprint density at radius 3 is 2.36 bits per heavy atom. The quantitative estimate of drug-likeness (QED) is 0.667. The summed E-state index contributed by atoms with van der Waals surface area (Å²) in [4.78, 5) is 9.08. The maximum Gasteiger partial charge on any atom is 0.329 e. The van der Waals surface area contributed by atoms with E-state index >= 15 is 0 Å². The van der Waals surface area contributed by atoms with Gasteiger partial charge in [0, 0.05) is 19.8 Å². The minimum Gasteiger partial charge on any atom is -0.357 e. The van der Waals surface area contributed by atoms with Crippen LogP contribution in [0.2, 0.25) is 0 Å². The fourth-order valence-corrected chi connectivity index (χ4v) is 4.00. The summed E-state index contributed by atoms with van der Waals surface area (Å²) in [5.41, 5.74) is 5.52. The molecular formula is C7H15NO4P2. The number of rotatable bonds is 1. The van der Waals surface area contributed by atoms with Crippen molar-refractivity contribution in [2.45, 2.75) is 6.42 Å². The molecular weight excluding hydrogens is 224 g/mol. The summed E-state index contributed by atoms with van der Waals surface area (Å²) in [7, 11) is -2.05. The van der Waals surface area contributed by atoms with Gasteiger partial charge >= 0.3 is 8.60 Å². The van der Waals surface area contributed by atoms with Crippen molar-refractivity contribution in [1.29, 1.82) is 0 Å². The molecule has 3 N–H and O–H groups in total. The van der Waals surface area contributed by atoms with Crippen LogP contribution in [0, 0.1) is 5.41 Å². The van der Waals surface area contributed by atoms with Crippen molar-refractivity contribution in [3.8, 4) is 0 Å². The molecule has 2 heterocycles. The molecule has 1 unspecified atom stereocenters. The Morgan fingerprint density at radius 2 is 1.86 bits per heavy atom. The van der Waals surface area contributed by atoms with Gasteiger partial charge in [0.05, 0.1) is 19.8 Å².